The van der Waals surface area contributed by atoms with Gasteiger partial charge in [-0.05, 0) is 18.9 Å². The first-order chi connectivity index (χ1) is 10.3. The molecule has 0 aliphatic carbocycles. The highest BCUT2D eigenvalue weighted by molar-refractivity contribution is 5.92. The molecule has 0 saturated carbocycles. The van der Waals surface area contributed by atoms with Crippen molar-refractivity contribution in [3.05, 3.63) is 30.6 Å². The van der Waals surface area contributed by atoms with E-state index in [0.717, 1.165) is 19.4 Å². The normalized spacial score (nSPS) is 18.5. The Hall–Kier alpha value is -2.51. The zero-order valence-corrected chi connectivity index (χ0v) is 11.7. The number of carbonyl (C=O) groups excluding carboxylic acids is 1. The topological polar surface area (TPSA) is 86.0 Å². The molecule has 0 bridgehead atoms. The van der Waals surface area contributed by atoms with Crippen LogP contribution in [0.5, 0.6) is 6.01 Å². The standard InChI is InChI=1S/C13H16N6O2/c1-21-13-15-5-4-11(17-13)12(20)18-6-2-3-10(7-18)19-9-14-8-16-19/h4-5,8-10H,2-3,6-7H2,1H3. The van der Waals surface area contributed by atoms with Gasteiger partial charge in [-0.15, -0.1) is 0 Å². The quantitative estimate of drug-likeness (QED) is 0.820. The van der Waals surface area contributed by atoms with Gasteiger partial charge in [0.2, 0.25) is 0 Å². The van der Waals surface area contributed by atoms with Gasteiger partial charge in [-0.2, -0.15) is 10.1 Å². The van der Waals surface area contributed by atoms with Crippen LogP contribution in [0, 0.1) is 0 Å². The number of rotatable bonds is 3. The Labute approximate surface area is 121 Å². The zero-order valence-electron chi connectivity index (χ0n) is 11.7. The van der Waals surface area contributed by atoms with Gasteiger partial charge in [-0.3, -0.25) is 4.79 Å². The summed E-state index contributed by atoms with van der Waals surface area (Å²) in [5.41, 5.74) is 0.348. The SMILES string of the molecule is COc1nccc(C(=O)N2CCCC(n3cncn3)C2)n1. The highest BCUT2D eigenvalue weighted by Gasteiger charge is 2.26. The van der Waals surface area contributed by atoms with E-state index in [-0.39, 0.29) is 18.0 Å². The van der Waals surface area contributed by atoms with Crippen LogP contribution in [0.4, 0.5) is 0 Å². The molecule has 1 atom stereocenters. The fourth-order valence-corrected chi connectivity index (χ4v) is 2.48. The molecule has 1 amide bonds. The maximum Gasteiger partial charge on any atom is 0.316 e. The van der Waals surface area contributed by atoms with Crippen LogP contribution in [0.2, 0.25) is 0 Å². The summed E-state index contributed by atoms with van der Waals surface area (Å²) in [6.45, 7) is 1.32. The number of carbonyl (C=O) groups is 1. The molecule has 0 N–H and O–H groups in total. The molecule has 0 radical (unpaired) electrons. The average molecular weight is 288 g/mol. The van der Waals surface area contributed by atoms with Gasteiger partial charge in [0.15, 0.2) is 0 Å². The summed E-state index contributed by atoms with van der Waals surface area (Å²) in [6.07, 6.45) is 6.64. The first kappa shape index (κ1) is 13.5. The number of amides is 1. The molecule has 0 aromatic carbocycles. The number of likely N-dealkylation sites (tertiary alicyclic amines) is 1. The Bertz CT molecular complexity index is 615. The number of aromatic nitrogens is 5. The molecule has 2 aromatic rings. The van der Waals surface area contributed by atoms with E-state index in [9.17, 15) is 4.79 Å². The highest BCUT2D eigenvalue weighted by Crippen LogP contribution is 2.21. The molecule has 1 aliphatic rings. The van der Waals surface area contributed by atoms with Crippen molar-refractivity contribution >= 4 is 5.91 Å². The van der Waals surface area contributed by atoms with E-state index in [1.807, 2.05) is 0 Å². The molecule has 1 aliphatic heterocycles. The van der Waals surface area contributed by atoms with Gasteiger partial charge >= 0.3 is 6.01 Å². The smallest absolute Gasteiger partial charge is 0.316 e. The third-order valence-corrected chi connectivity index (χ3v) is 3.53. The van der Waals surface area contributed by atoms with Crippen LogP contribution in [0.15, 0.2) is 24.9 Å². The number of ether oxygens (including phenoxy) is 1. The Morgan fingerprint density at radius 1 is 1.48 bits per heavy atom. The summed E-state index contributed by atoms with van der Waals surface area (Å²) in [5.74, 6) is -0.111. The van der Waals surface area contributed by atoms with Gasteiger partial charge < -0.3 is 9.64 Å². The highest BCUT2D eigenvalue weighted by atomic mass is 16.5. The maximum atomic E-state index is 12.5. The summed E-state index contributed by atoms with van der Waals surface area (Å²) in [6, 6.07) is 1.96. The number of methoxy groups -OCH3 is 1. The molecule has 0 spiro atoms. The van der Waals surface area contributed by atoms with Crippen molar-refractivity contribution < 1.29 is 9.53 Å². The molecule has 1 fully saturated rings. The van der Waals surface area contributed by atoms with E-state index in [4.69, 9.17) is 4.74 Å². The Morgan fingerprint density at radius 2 is 2.38 bits per heavy atom. The molecular formula is C13H16N6O2. The largest absolute Gasteiger partial charge is 0.467 e. The van der Waals surface area contributed by atoms with Gasteiger partial charge in [0.1, 0.15) is 18.3 Å². The van der Waals surface area contributed by atoms with Crippen LogP contribution in [0.25, 0.3) is 0 Å². The molecule has 1 unspecified atom stereocenters. The molecule has 8 heteroatoms. The Balaban J connectivity index is 1.74. The van der Waals surface area contributed by atoms with Crippen molar-refractivity contribution in [3.63, 3.8) is 0 Å². The van der Waals surface area contributed by atoms with Crippen LogP contribution in [0.1, 0.15) is 29.4 Å². The molecule has 2 aromatic heterocycles. The first-order valence-electron chi connectivity index (χ1n) is 6.78. The number of hydrogen-bond acceptors (Lipinski definition) is 6. The van der Waals surface area contributed by atoms with E-state index in [1.54, 1.807) is 22.0 Å². The lowest BCUT2D eigenvalue weighted by Gasteiger charge is -2.32. The van der Waals surface area contributed by atoms with Crippen molar-refractivity contribution in [3.8, 4) is 6.01 Å². The van der Waals surface area contributed by atoms with E-state index in [1.165, 1.54) is 19.6 Å². The summed E-state index contributed by atoms with van der Waals surface area (Å²) in [4.78, 5) is 26.3. The van der Waals surface area contributed by atoms with Gasteiger partial charge in [0.05, 0.1) is 13.2 Å². The monoisotopic (exact) mass is 288 g/mol. The van der Waals surface area contributed by atoms with Gasteiger partial charge in [-0.1, -0.05) is 0 Å². The fourth-order valence-electron chi connectivity index (χ4n) is 2.48. The lowest BCUT2D eigenvalue weighted by Crippen LogP contribution is -2.41. The van der Waals surface area contributed by atoms with Crippen LogP contribution in [-0.2, 0) is 0 Å². The van der Waals surface area contributed by atoms with E-state index >= 15 is 0 Å². The van der Waals surface area contributed by atoms with Crippen molar-refractivity contribution in [1.82, 2.24) is 29.6 Å². The van der Waals surface area contributed by atoms with E-state index in [2.05, 4.69) is 20.1 Å². The molecule has 3 rings (SSSR count). The first-order valence-corrected chi connectivity index (χ1v) is 6.78. The minimum absolute atomic E-state index is 0.111. The lowest BCUT2D eigenvalue weighted by atomic mass is 10.1. The molecule has 21 heavy (non-hydrogen) atoms. The third kappa shape index (κ3) is 2.83. The van der Waals surface area contributed by atoms with E-state index < -0.39 is 0 Å². The zero-order chi connectivity index (χ0) is 14.7. The van der Waals surface area contributed by atoms with Gasteiger partial charge in [0.25, 0.3) is 5.91 Å². The number of piperidine rings is 1. The van der Waals surface area contributed by atoms with Crippen LogP contribution >= 0.6 is 0 Å². The lowest BCUT2D eigenvalue weighted by molar-refractivity contribution is 0.0665. The Morgan fingerprint density at radius 3 is 3.14 bits per heavy atom. The number of nitrogens with zero attached hydrogens (tertiary/aromatic N) is 6. The summed E-state index contributed by atoms with van der Waals surface area (Å²) in [7, 11) is 1.48. The molecule has 3 heterocycles. The molecule has 1 saturated heterocycles. The van der Waals surface area contributed by atoms with Crippen molar-refractivity contribution in [2.75, 3.05) is 20.2 Å². The van der Waals surface area contributed by atoms with Crippen molar-refractivity contribution in [2.24, 2.45) is 0 Å². The molecule has 8 nitrogen and oxygen atoms in total. The minimum atomic E-state index is -0.111. The summed E-state index contributed by atoms with van der Waals surface area (Å²) >= 11 is 0. The van der Waals surface area contributed by atoms with Crippen LogP contribution in [-0.4, -0.2) is 55.7 Å². The minimum Gasteiger partial charge on any atom is -0.467 e. The summed E-state index contributed by atoms with van der Waals surface area (Å²) in [5, 5.41) is 4.16. The van der Waals surface area contributed by atoms with Gasteiger partial charge in [0, 0.05) is 19.3 Å². The predicted molar refractivity (Wildman–Crippen MR) is 72.8 cm³/mol. The van der Waals surface area contributed by atoms with Crippen LogP contribution in [0.3, 0.4) is 0 Å². The predicted octanol–water partition coefficient (Wildman–Crippen LogP) is 0.554. The molecular weight excluding hydrogens is 272 g/mol. The molecule has 110 valence electrons. The van der Waals surface area contributed by atoms with Gasteiger partial charge in [-0.25, -0.2) is 14.6 Å². The second-order valence-corrected chi connectivity index (χ2v) is 4.85. The maximum absolute atomic E-state index is 12.5. The van der Waals surface area contributed by atoms with Crippen molar-refractivity contribution in [1.29, 1.82) is 0 Å². The van der Waals surface area contributed by atoms with E-state index in [0.29, 0.717) is 12.2 Å². The average Bonchev–Trinajstić information content (AvgIpc) is 3.09. The fraction of sp³-hybridized carbons (Fsp3) is 0.462. The third-order valence-electron chi connectivity index (χ3n) is 3.53. The summed E-state index contributed by atoms with van der Waals surface area (Å²) < 4.78 is 6.76. The Kier molecular flexibility index (Phi) is 3.76. The van der Waals surface area contributed by atoms with Crippen LogP contribution < -0.4 is 4.74 Å². The second kappa shape index (κ2) is 5.86. The number of hydrogen-bond donors (Lipinski definition) is 0. The second-order valence-electron chi connectivity index (χ2n) is 4.85. The van der Waals surface area contributed by atoms with Crippen molar-refractivity contribution in [2.45, 2.75) is 18.9 Å².